The van der Waals surface area contributed by atoms with Crippen LogP contribution in [0.3, 0.4) is 0 Å². The summed E-state index contributed by atoms with van der Waals surface area (Å²) < 4.78 is 19.4. The highest BCUT2D eigenvalue weighted by atomic mass is 79.9. The first-order valence-corrected chi connectivity index (χ1v) is 9.37. The Morgan fingerprint density at radius 2 is 1.78 bits per heavy atom. The summed E-state index contributed by atoms with van der Waals surface area (Å²) in [6.07, 6.45) is 0.912. The molecule has 1 N–H and O–H groups in total. The van der Waals surface area contributed by atoms with Crippen LogP contribution in [0.15, 0.2) is 40.9 Å². The largest absolute Gasteiger partial charge is 0.493 e. The molecule has 1 aromatic heterocycles. The van der Waals surface area contributed by atoms with Gasteiger partial charge in [-0.1, -0.05) is 22.0 Å². The Hall–Kier alpha value is -2.67. The number of rotatable bonds is 5. The zero-order valence-corrected chi connectivity index (χ0v) is 17.0. The van der Waals surface area contributed by atoms with Gasteiger partial charge >= 0.3 is 0 Å². The van der Waals surface area contributed by atoms with Crippen molar-refractivity contribution in [3.05, 3.63) is 46.4 Å². The van der Waals surface area contributed by atoms with Gasteiger partial charge in [-0.2, -0.15) is 5.10 Å². The van der Waals surface area contributed by atoms with E-state index in [1.807, 2.05) is 41.1 Å². The predicted octanol–water partition coefficient (Wildman–Crippen LogP) is 4.30. The van der Waals surface area contributed by atoms with Crippen LogP contribution in [-0.4, -0.2) is 37.7 Å². The van der Waals surface area contributed by atoms with Crippen molar-refractivity contribution < 1.29 is 14.2 Å². The maximum atomic E-state index is 5.51. The van der Waals surface area contributed by atoms with Crippen LogP contribution in [0.2, 0.25) is 0 Å². The number of benzene rings is 2. The van der Waals surface area contributed by atoms with Gasteiger partial charge in [-0.15, -0.1) is 0 Å². The molecule has 0 amide bonds. The first kappa shape index (κ1) is 17.7. The molecule has 1 aliphatic heterocycles. The molecule has 4 rings (SSSR count). The number of ether oxygens (including phenoxy) is 3. The second-order valence-corrected chi connectivity index (χ2v) is 7.07. The van der Waals surface area contributed by atoms with Crippen LogP contribution in [0.4, 0.5) is 5.82 Å². The molecule has 27 heavy (non-hydrogen) atoms. The number of aromatic nitrogens is 2. The Kier molecular flexibility index (Phi) is 4.70. The molecular formula is C20H20BrN3O3. The SMILES string of the molecule is COc1cc(-c2nn(-c3cccc(Br)c3)c3c2CCN3)cc(OC)c1OC. The van der Waals surface area contributed by atoms with Gasteiger partial charge in [0.05, 0.1) is 32.7 Å². The fourth-order valence-corrected chi connectivity index (χ4v) is 3.81. The number of fused-ring (bicyclic) bond motifs is 1. The van der Waals surface area contributed by atoms with Gasteiger partial charge in [0, 0.05) is 22.1 Å². The summed E-state index contributed by atoms with van der Waals surface area (Å²) in [6.45, 7) is 0.888. The minimum atomic E-state index is 0.574. The highest BCUT2D eigenvalue weighted by molar-refractivity contribution is 9.10. The molecule has 0 saturated heterocycles. The molecule has 0 radical (unpaired) electrons. The highest BCUT2D eigenvalue weighted by Crippen LogP contribution is 2.43. The van der Waals surface area contributed by atoms with E-state index in [9.17, 15) is 0 Å². The van der Waals surface area contributed by atoms with E-state index in [0.29, 0.717) is 17.2 Å². The van der Waals surface area contributed by atoms with Crippen molar-refractivity contribution in [2.45, 2.75) is 6.42 Å². The van der Waals surface area contributed by atoms with Gasteiger partial charge < -0.3 is 19.5 Å². The van der Waals surface area contributed by atoms with Crippen LogP contribution in [0.5, 0.6) is 17.2 Å². The minimum Gasteiger partial charge on any atom is -0.493 e. The molecule has 7 heteroatoms. The molecule has 3 aromatic rings. The molecule has 2 aromatic carbocycles. The van der Waals surface area contributed by atoms with Crippen molar-refractivity contribution in [3.63, 3.8) is 0 Å². The summed E-state index contributed by atoms with van der Waals surface area (Å²) in [5, 5.41) is 8.36. The number of hydrogen-bond acceptors (Lipinski definition) is 5. The third kappa shape index (κ3) is 3.02. The summed E-state index contributed by atoms with van der Waals surface area (Å²) in [5.41, 5.74) is 4.02. The number of anilines is 1. The maximum Gasteiger partial charge on any atom is 0.203 e. The number of nitrogens with one attached hydrogen (secondary N) is 1. The Bertz CT molecular complexity index is 975. The molecule has 0 bridgehead atoms. The Morgan fingerprint density at radius 3 is 2.41 bits per heavy atom. The summed E-state index contributed by atoms with van der Waals surface area (Å²) in [5.74, 6) is 2.83. The fraction of sp³-hybridized carbons (Fsp3) is 0.250. The average Bonchev–Trinajstić information content (AvgIpc) is 3.29. The van der Waals surface area contributed by atoms with Crippen molar-refractivity contribution in [2.75, 3.05) is 33.2 Å². The second kappa shape index (κ2) is 7.15. The van der Waals surface area contributed by atoms with E-state index in [-0.39, 0.29) is 0 Å². The number of methoxy groups -OCH3 is 3. The predicted molar refractivity (Wildman–Crippen MR) is 109 cm³/mol. The van der Waals surface area contributed by atoms with E-state index < -0.39 is 0 Å². The first-order chi connectivity index (χ1) is 13.2. The minimum absolute atomic E-state index is 0.574. The second-order valence-electron chi connectivity index (χ2n) is 6.16. The monoisotopic (exact) mass is 429 g/mol. The normalized spacial score (nSPS) is 12.4. The molecule has 1 aliphatic rings. The molecule has 0 unspecified atom stereocenters. The van der Waals surface area contributed by atoms with E-state index in [1.54, 1.807) is 21.3 Å². The number of nitrogens with zero attached hydrogens (tertiary/aromatic N) is 2. The summed E-state index contributed by atoms with van der Waals surface area (Å²) in [7, 11) is 4.84. The average molecular weight is 430 g/mol. The van der Waals surface area contributed by atoms with Gasteiger partial charge in [-0.05, 0) is 36.8 Å². The standard InChI is InChI=1S/C20H20BrN3O3/c1-25-16-9-12(10-17(26-2)19(16)27-3)18-15-7-8-22-20(15)24(23-18)14-6-4-5-13(21)11-14/h4-6,9-11,22H,7-8H2,1-3H3. The maximum absolute atomic E-state index is 5.51. The Labute approximate surface area is 166 Å². The number of halogens is 1. The van der Waals surface area contributed by atoms with E-state index in [2.05, 4.69) is 21.2 Å². The first-order valence-electron chi connectivity index (χ1n) is 8.58. The van der Waals surface area contributed by atoms with E-state index in [0.717, 1.165) is 40.2 Å². The molecule has 0 saturated carbocycles. The Morgan fingerprint density at radius 1 is 1.04 bits per heavy atom. The molecule has 2 heterocycles. The topological polar surface area (TPSA) is 57.5 Å². The van der Waals surface area contributed by atoms with Crippen LogP contribution in [-0.2, 0) is 6.42 Å². The van der Waals surface area contributed by atoms with Gasteiger partial charge in [0.15, 0.2) is 11.5 Å². The molecule has 0 atom stereocenters. The lowest BCUT2D eigenvalue weighted by Crippen LogP contribution is -2.04. The van der Waals surface area contributed by atoms with Gasteiger partial charge in [0.2, 0.25) is 5.75 Å². The van der Waals surface area contributed by atoms with Crippen molar-refractivity contribution >= 4 is 21.7 Å². The Balaban J connectivity index is 1.90. The lowest BCUT2D eigenvalue weighted by Gasteiger charge is -2.13. The van der Waals surface area contributed by atoms with E-state index in [4.69, 9.17) is 19.3 Å². The third-order valence-electron chi connectivity index (χ3n) is 4.64. The zero-order chi connectivity index (χ0) is 19.0. The van der Waals surface area contributed by atoms with Gasteiger partial charge in [-0.25, -0.2) is 4.68 Å². The van der Waals surface area contributed by atoms with Gasteiger partial charge in [0.1, 0.15) is 5.82 Å². The van der Waals surface area contributed by atoms with Gasteiger partial charge in [-0.3, -0.25) is 0 Å². The molecule has 0 spiro atoms. The van der Waals surface area contributed by atoms with Crippen LogP contribution in [0.1, 0.15) is 5.56 Å². The quantitative estimate of drug-likeness (QED) is 0.655. The van der Waals surface area contributed by atoms with Crippen molar-refractivity contribution in [2.24, 2.45) is 0 Å². The molecule has 6 nitrogen and oxygen atoms in total. The molecule has 140 valence electrons. The van der Waals surface area contributed by atoms with Crippen LogP contribution in [0, 0.1) is 0 Å². The smallest absolute Gasteiger partial charge is 0.203 e. The van der Waals surface area contributed by atoms with Crippen LogP contribution in [0.25, 0.3) is 16.9 Å². The summed E-state index contributed by atoms with van der Waals surface area (Å²) in [6, 6.07) is 12.0. The highest BCUT2D eigenvalue weighted by Gasteiger charge is 2.25. The molecular weight excluding hydrogens is 410 g/mol. The van der Waals surface area contributed by atoms with Gasteiger partial charge in [0.25, 0.3) is 0 Å². The van der Waals surface area contributed by atoms with E-state index >= 15 is 0 Å². The van der Waals surface area contributed by atoms with Crippen molar-refractivity contribution in [3.8, 4) is 34.2 Å². The summed E-state index contributed by atoms with van der Waals surface area (Å²) >= 11 is 3.54. The number of hydrogen-bond donors (Lipinski definition) is 1. The lowest BCUT2D eigenvalue weighted by atomic mass is 10.1. The van der Waals surface area contributed by atoms with Crippen molar-refractivity contribution in [1.82, 2.24) is 9.78 Å². The summed E-state index contributed by atoms with van der Waals surface area (Å²) in [4.78, 5) is 0. The van der Waals surface area contributed by atoms with Crippen LogP contribution >= 0.6 is 15.9 Å². The molecule has 0 fully saturated rings. The lowest BCUT2D eigenvalue weighted by molar-refractivity contribution is 0.324. The van der Waals surface area contributed by atoms with E-state index in [1.165, 1.54) is 5.56 Å². The van der Waals surface area contributed by atoms with Crippen LogP contribution < -0.4 is 19.5 Å². The molecule has 0 aliphatic carbocycles. The zero-order valence-electron chi connectivity index (χ0n) is 15.4. The fourth-order valence-electron chi connectivity index (χ4n) is 3.42. The third-order valence-corrected chi connectivity index (χ3v) is 5.14. The van der Waals surface area contributed by atoms with Crippen molar-refractivity contribution in [1.29, 1.82) is 0 Å².